The summed E-state index contributed by atoms with van der Waals surface area (Å²) in [5.74, 6) is -1.83. The molecule has 0 unspecified atom stereocenters. The van der Waals surface area contributed by atoms with E-state index in [9.17, 15) is 14.7 Å². The molecule has 104 valence electrons. The largest absolute Gasteiger partial charge is 0.507 e. The summed E-state index contributed by atoms with van der Waals surface area (Å²) < 4.78 is 0.643. The van der Waals surface area contributed by atoms with E-state index in [4.69, 9.17) is 5.11 Å². The molecule has 0 spiro atoms. The van der Waals surface area contributed by atoms with Crippen molar-refractivity contribution in [3.8, 4) is 5.75 Å². The van der Waals surface area contributed by atoms with Gasteiger partial charge in [0.1, 0.15) is 10.6 Å². The van der Waals surface area contributed by atoms with Crippen LogP contribution in [0.5, 0.6) is 5.75 Å². The number of benzene rings is 1. The number of carboxylic acids is 1. The Bertz CT molecular complexity index is 696. The summed E-state index contributed by atoms with van der Waals surface area (Å²) in [4.78, 5) is 23.2. The highest BCUT2D eigenvalue weighted by Gasteiger charge is 2.19. The molecule has 0 atom stereocenters. The van der Waals surface area contributed by atoms with E-state index >= 15 is 0 Å². The normalized spacial score (nSPS) is 10.3. The highest BCUT2D eigenvalue weighted by Crippen LogP contribution is 2.29. The van der Waals surface area contributed by atoms with Crippen LogP contribution in [-0.4, -0.2) is 22.1 Å². The van der Waals surface area contributed by atoms with Gasteiger partial charge in [0.15, 0.2) is 0 Å². The third-order valence-corrected chi connectivity index (χ3v) is 4.19. The molecule has 0 radical (unpaired) electrons. The highest BCUT2D eigenvalue weighted by molar-refractivity contribution is 9.10. The first-order valence-electron chi connectivity index (χ1n) is 5.51. The number of aromatic carboxylic acids is 1. The summed E-state index contributed by atoms with van der Waals surface area (Å²) in [6, 6.07) is 4.47. The Morgan fingerprint density at radius 2 is 2.05 bits per heavy atom. The second-order valence-corrected chi connectivity index (χ2v) is 5.84. The van der Waals surface area contributed by atoms with Gasteiger partial charge in [-0.1, -0.05) is 15.9 Å². The van der Waals surface area contributed by atoms with Gasteiger partial charge in [-0.3, -0.25) is 4.79 Å². The average molecular weight is 356 g/mol. The quantitative estimate of drug-likeness (QED) is 0.786. The van der Waals surface area contributed by atoms with Gasteiger partial charge >= 0.3 is 5.97 Å². The van der Waals surface area contributed by atoms with Crippen LogP contribution in [0.4, 0.5) is 5.69 Å². The number of phenolic OH excluding ortho intramolecular Hbond substituents is 1. The molecule has 7 heteroatoms. The number of hydrogen-bond acceptors (Lipinski definition) is 4. The zero-order valence-electron chi connectivity index (χ0n) is 10.3. The summed E-state index contributed by atoms with van der Waals surface area (Å²) in [6.07, 6.45) is 0. The van der Waals surface area contributed by atoms with E-state index in [1.807, 2.05) is 0 Å². The van der Waals surface area contributed by atoms with Gasteiger partial charge < -0.3 is 15.5 Å². The molecule has 3 N–H and O–H groups in total. The van der Waals surface area contributed by atoms with E-state index < -0.39 is 11.9 Å². The number of aryl methyl sites for hydroxylation is 1. The molecule has 1 aromatic heterocycles. The topological polar surface area (TPSA) is 86.6 Å². The van der Waals surface area contributed by atoms with E-state index in [0.717, 1.165) is 11.3 Å². The van der Waals surface area contributed by atoms with Crippen molar-refractivity contribution in [1.29, 1.82) is 0 Å². The lowest BCUT2D eigenvalue weighted by Crippen LogP contribution is -2.14. The molecular weight excluding hydrogens is 346 g/mol. The number of halogens is 1. The Labute approximate surface area is 127 Å². The maximum atomic E-state index is 12.1. The molecule has 0 bridgehead atoms. The van der Waals surface area contributed by atoms with E-state index in [1.165, 1.54) is 12.1 Å². The third kappa shape index (κ3) is 2.83. The lowest BCUT2D eigenvalue weighted by molar-refractivity contribution is 0.0703. The Morgan fingerprint density at radius 1 is 1.35 bits per heavy atom. The van der Waals surface area contributed by atoms with Crippen LogP contribution in [-0.2, 0) is 0 Å². The molecule has 0 aliphatic rings. The van der Waals surface area contributed by atoms with Crippen molar-refractivity contribution >= 4 is 44.8 Å². The predicted molar refractivity (Wildman–Crippen MR) is 79.8 cm³/mol. The number of anilines is 1. The Balaban J connectivity index is 2.33. The van der Waals surface area contributed by atoms with Crippen LogP contribution in [0, 0.1) is 6.92 Å². The third-order valence-electron chi connectivity index (χ3n) is 2.61. The fraction of sp³-hybridized carbons (Fsp3) is 0.0769. The molecule has 20 heavy (non-hydrogen) atoms. The maximum absolute atomic E-state index is 12.1. The van der Waals surface area contributed by atoms with Crippen molar-refractivity contribution in [3.05, 3.63) is 44.1 Å². The smallest absolute Gasteiger partial charge is 0.348 e. The number of aromatic hydroxyl groups is 1. The summed E-state index contributed by atoms with van der Waals surface area (Å²) in [5.41, 5.74) is 1.00. The van der Waals surface area contributed by atoms with E-state index in [1.54, 1.807) is 18.4 Å². The second-order valence-electron chi connectivity index (χ2n) is 4.04. The zero-order chi connectivity index (χ0) is 14.9. The monoisotopic (exact) mass is 355 g/mol. The maximum Gasteiger partial charge on any atom is 0.348 e. The Kier molecular flexibility index (Phi) is 4.10. The number of hydrogen-bond donors (Lipinski definition) is 3. The average Bonchev–Trinajstić information content (AvgIpc) is 2.71. The van der Waals surface area contributed by atoms with E-state index in [2.05, 4.69) is 21.2 Å². The number of carbonyl (C=O) groups is 2. The molecule has 0 aliphatic carbocycles. The van der Waals surface area contributed by atoms with Gasteiger partial charge in [0, 0.05) is 4.47 Å². The molecular formula is C13H10BrNO4S. The lowest BCUT2D eigenvalue weighted by atomic mass is 10.1. The number of rotatable bonds is 3. The molecule has 0 saturated heterocycles. The van der Waals surface area contributed by atoms with Gasteiger partial charge in [0.25, 0.3) is 5.91 Å². The van der Waals surface area contributed by atoms with E-state index in [0.29, 0.717) is 10.0 Å². The SMILES string of the molecule is Cc1csc(C(=O)O)c1NC(=O)c1ccc(Br)cc1O. The molecule has 0 aliphatic heterocycles. The standard InChI is InChI=1S/C13H10BrNO4S/c1-6-5-20-11(13(18)19)10(6)15-12(17)8-3-2-7(14)4-9(8)16/h2-5,16H,1H3,(H,15,17)(H,18,19). The number of thiophene rings is 1. The Morgan fingerprint density at radius 3 is 2.65 bits per heavy atom. The zero-order valence-corrected chi connectivity index (χ0v) is 12.7. The molecule has 1 heterocycles. The number of phenols is 1. The summed E-state index contributed by atoms with van der Waals surface area (Å²) in [7, 11) is 0. The van der Waals surface area contributed by atoms with Gasteiger partial charge in [-0.25, -0.2) is 4.79 Å². The van der Waals surface area contributed by atoms with Gasteiger partial charge in [-0.05, 0) is 36.1 Å². The first kappa shape index (κ1) is 14.5. The van der Waals surface area contributed by atoms with Crippen LogP contribution in [0.1, 0.15) is 25.6 Å². The molecule has 1 aromatic carbocycles. The van der Waals surface area contributed by atoms with Crippen molar-refractivity contribution in [2.24, 2.45) is 0 Å². The summed E-state index contributed by atoms with van der Waals surface area (Å²) >= 11 is 4.22. The molecule has 0 fully saturated rings. The minimum Gasteiger partial charge on any atom is -0.507 e. The van der Waals surface area contributed by atoms with Crippen molar-refractivity contribution in [3.63, 3.8) is 0 Å². The van der Waals surface area contributed by atoms with E-state index in [-0.39, 0.29) is 21.9 Å². The first-order chi connectivity index (χ1) is 9.40. The van der Waals surface area contributed by atoms with Crippen LogP contribution in [0.25, 0.3) is 0 Å². The minimum absolute atomic E-state index is 0.0625. The summed E-state index contributed by atoms with van der Waals surface area (Å²) in [6.45, 7) is 1.71. The van der Waals surface area contributed by atoms with Crippen molar-refractivity contribution in [2.45, 2.75) is 6.92 Å². The van der Waals surface area contributed by atoms with Crippen LogP contribution < -0.4 is 5.32 Å². The molecule has 2 rings (SSSR count). The second kappa shape index (κ2) is 5.64. The lowest BCUT2D eigenvalue weighted by Gasteiger charge is -2.08. The van der Waals surface area contributed by atoms with Crippen LogP contribution in [0.15, 0.2) is 28.1 Å². The van der Waals surface area contributed by atoms with Crippen molar-refractivity contribution < 1.29 is 19.8 Å². The summed E-state index contributed by atoms with van der Waals surface area (Å²) in [5, 5.41) is 23.0. The van der Waals surface area contributed by atoms with Gasteiger partial charge in [0.2, 0.25) is 0 Å². The fourth-order valence-electron chi connectivity index (χ4n) is 1.63. The molecule has 1 amide bonds. The molecule has 5 nitrogen and oxygen atoms in total. The number of nitrogens with one attached hydrogen (secondary N) is 1. The highest BCUT2D eigenvalue weighted by atomic mass is 79.9. The van der Waals surface area contributed by atoms with Crippen LogP contribution in [0.3, 0.4) is 0 Å². The van der Waals surface area contributed by atoms with Gasteiger partial charge in [-0.2, -0.15) is 0 Å². The van der Waals surface area contributed by atoms with Crippen LogP contribution >= 0.6 is 27.3 Å². The molecule has 2 aromatic rings. The number of carbonyl (C=O) groups excluding carboxylic acids is 1. The van der Waals surface area contributed by atoms with Crippen molar-refractivity contribution in [2.75, 3.05) is 5.32 Å². The number of carboxylic acid groups (broad SMARTS) is 1. The predicted octanol–water partition coefficient (Wildman–Crippen LogP) is 3.48. The van der Waals surface area contributed by atoms with Crippen LogP contribution in [0.2, 0.25) is 0 Å². The van der Waals surface area contributed by atoms with Gasteiger partial charge in [-0.15, -0.1) is 11.3 Å². The van der Waals surface area contributed by atoms with Gasteiger partial charge in [0.05, 0.1) is 11.3 Å². The minimum atomic E-state index is -1.10. The number of amides is 1. The molecule has 0 saturated carbocycles. The Hall–Kier alpha value is -1.86. The first-order valence-corrected chi connectivity index (χ1v) is 7.18. The van der Waals surface area contributed by atoms with Crippen molar-refractivity contribution in [1.82, 2.24) is 0 Å². The fourth-order valence-corrected chi connectivity index (χ4v) is 2.83.